The molecular formula is C20H26N2O2S. The van der Waals surface area contributed by atoms with Crippen LogP contribution in [-0.4, -0.2) is 14.2 Å². The molecule has 0 unspecified atom stereocenters. The first-order valence-electron chi connectivity index (χ1n) is 8.62. The van der Waals surface area contributed by atoms with Gasteiger partial charge >= 0.3 is 0 Å². The zero-order valence-corrected chi connectivity index (χ0v) is 15.6. The van der Waals surface area contributed by atoms with Gasteiger partial charge in [0.1, 0.15) is 0 Å². The van der Waals surface area contributed by atoms with Gasteiger partial charge < -0.3 is 5.73 Å². The number of hydrogen-bond donors (Lipinski definition) is 2. The van der Waals surface area contributed by atoms with E-state index in [-0.39, 0.29) is 5.75 Å². The van der Waals surface area contributed by atoms with Crippen molar-refractivity contribution in [2.24, 2.45) is 0 Å². The molecule has 0 aromatic heterocycles. The van der Waals surface area contributed by atoms with Crippen LogP contribution in [0.1, 0.15) is 44.2 Å². The van der Waals surface area contributed by atoms with Gasteiger partial charge in [0.05, 0.1) is 17.1 Å². The number of rotatable bonds is 8. The number of nitrogen functional groups attached to an aromatic ring is 1. The van der Waals surface area contributed by atoms with Crippen molar-refractivity contribution in [3.05, 3.63) is 65.7 Å². The smallest absolute Gasteiger partial charge is 0.232 e. The summed E-state index contributed by atoms with van der Waals surface area (Å²) in [5.74, 6) is 0.101. The highest BCUT2D eigenvalue weighted by atomic mass is 32.2. The minimum atomic E-state index is -3.39. The van der Waals surface area contributed by atoms with E-state index in [4.69, 9.17) is 5.73 Å². The molecular weight excluding hydrogens is 332 g/mol. The summed E-state index contributed by atoms with van der Waals surface area (Å²) in [6.07, 6.45) is 4.47. The van der Waals surface area contributed by atoms with Gasteiger partial charge in [-0.1, -0.05) is 62.7 Å². The summed E-state index contributed by atoms with van der Waals surface area (Å²) in [4.78, 5) is 0. The highest BCUT2D eigenvalue weighted by Crippen LogP contribution is 2.29. The topological polar surface area (TPSA) is 72.2 Å². The normalized spacial score (nSPS) is 12.2. The van der Waals surface area contributed by atoms with E-state index in [2.05, 4.69) is 17.7 Å². The lowest BCUT2D eigenvalue weighted by molar-refractivity contribution is 0.598. The van der Waals surface area contributed by atoms with Gasteiger partial charge in [-0.15, -0.1) is 0 Å². The highest BCUT2D eigenvalue weighted by molar-refractivity contribution is 7.92. The highest BCUT2D eigenvalue weighted by Gasteiger charge is 2.13. The Morgan fingerprint density at radius 2 is 1.80 bits per heavy atom. The molecule has 0 aliphatic carbocycles. The predicted molar refractivity (Wildman–Crippen MR) is 107 cm³/mol. The fourth-order valence-corrected chi connectivity index (χ4v) is 3.87. The first-order chi connectivity index (χ1) is 12.0. The van der Waals surface area contributed by atoms with Crippen LogP contribution in [0.4, 0.5) is 11.4 Å². The quantitative estimate of drug-likeness (QED) is 0.675. The summed E-state index contributed by atoms with van der Waals surface area (Å²) in [6, 6.07) is 15.5. The van der Waals surface area contributed by atoms with Crippen LogP contribution in [0.25, 0.3) is 5.57 Å². The molecule has 5 heteroatoms. The van der Waals surface area contributed by atoms with E-state index in [9.17, 15) is 8.42 Å². The summed E-state index contributed by atoms with van der Waals surface area (Å²) >= 11 is 0. The Morgan fingerprint density at radius 1 is 1.08 bits per heavy atom. The lowest BCUT2D eigenvalue weighted by Crippen LogP contribution is -2.17. The maximum Gasteiger partial charge on any atom is 0.232 e. The van der Waals surface area contributed by atoms with Crippen molar-refractivity contribution in [1.82, 2.24) is 0 Å². The van der Waals surface area contributed by atoms with Gasteiger partial charge in [-0.25, -0.2) is 8.42 Å². The fraction of sp³-hybridized carbons (Fsp3) is 0.300. The summed E-state index contributed by atoms with van der Waals surface area (Å²) in [5, 5.41) is 0. The number of nitrogens with two attached hydrogens (primary N) is 1. The van der Waals surface area contributed by atoms with Crippen LogP contribution in [0.3, 0.4) is 0 Å². The van der Waals surface area contributed by atoms with Gasteiger partial charge in [-0.05, 0) is 41.7 Å². The zero-order chi connectivity index (χ0) is 18.3. The zero-order valence-electron chi connectivity index (χ0n) is 14.8. The molecule has 2 aromatic carbocycles. The van der Waals surface area contributed by atoms with Gasteiger partial charge in [-0.3, -0.25) is 4.72 Å². The van der Waals surface area contributed by atoms with Gasteiger partial charge in [-0.2, -0.15) is 0 Å². The third-order valence-electron chi connectivity index (χ3n) is 3.89. The number of benzene rings is 2. The Hall–Kier alpha value is -2.27. The average Bonchev–Trinajstić information content (AvgIpc) is 2.60. The molecule has 2 rings (SSSR count). The number of nitrogens with one attached hydrogen (secondary N) is 1. The van der Waals surface area contributed by atoms with Crippen molar-refractivity contribution < 1.29 is 8.42 Å². The van der Waals surface area contributed by atoms with Crippen molar-refractivity contribution in [3.63, 3.8) is 0 Å². The number of anilines is 2. The summed E-state index contributed by atoms with van der Waals surface area (Å²) < 4.78 is 27.0. The molecule has 0 spiro atoms. The number of unbranched alkanes of at least 4 members (excludes halogenated alkanes) is 1. The van der Waals surface area contributed by atoms with Crippen LogP contribution in [0.5, 0.6) is 0 Å². The van der Waals surface area contributed by atoms with Crippen molar-refractivity contribution in [2.45, 2.75) is 33.1 Å². The van der Waals surface area contributed by atoms with E-state index in [1.54, 1.807) is 6.07 Å². The van der Waals surface area contributed by atoms with Crippen LogP contribution in [0, 0.1) is 0 Å². The SMILES string of the molecule is CC/C=C(/c1ccccc1)c1ccc(N)c(NS(=O)(=O)CCCC)c1. The molecule has 3 N–H and O–H groups in total. The Kier molecular flexibility index (Phi) is 6.65. The van der Waals surface area contributed by atoms with Crippen LogP contribution in [-0.2, 0) is 10.0 Å². The number of hydrogen-bond acceptors (Lipinski definition) is 3. The minimum Gasteiger partial charge on any atom is -0.397 e. The molecule has 0 bridgehead atoms. The first-order valence-corrected chi connectivity index (χ1v) is 10.3. The summed E-state index contributed by atoms with van der Waals surface area (Å²) in [6.45, 7) is 4.04. The van der Waals surface area contributed by atoms with Crippen LogP contribution in [0.15, 0.2) is 54.6 Å². The predicted octanol–water partition coefficient (Wildman–Crippen LogP) is 4.65. The molecule has 0 amide bonds. The molecule has 0 fully saturated rings. The van der Waals surface area contributed by atoms with E-state index in [0.29, 0.717) is 17.8 Å². The molecule has 0 aliphatic rings. The molecule has 134 valence electrons. The third-order valence-corrected chi connectivity index (χ3v) is 5.25. The van der Waals surface area contributed by atoms with Crippen molar-refractivity contribution in [1.29, 1.82) is 0 Å². The van der Waals surface area contributed by atoms with E-state index in [1.807, 2.05) is 49.4 Å². The number of sulfonamides is 1. The second-order valence-electron chi connectivity index (χ2n) is 5.97. The standard InChI is InChI=1S/C20H26N2O2S/c1-3-5-14-25(23,24)22-20-15-17(12-13-19(20)21)18(9-4-2)16-10-7-6-8-11-16/h6-13,15,22H,3-5,14,21H2,1-2H3/b18-9-. The Labute approximate surface area is 150 Å². The molecule has 0 aliphatic heterocycles. The van der Waals surface area contributed by atoms with Crippen molar-refractivity contribution in [3.8, 4) is 0 Å². The molecule has 0 atom stereocenters. The molecule has 0 radical (unpaired) electrons. The Balaban J connectivity index is 2.38. The van der Waals surface area contributed by atoms with Gasteiger partial charge in [0.2, 0.25) is 10.0 Å². The lowest BCUT2D eigenvalue weighted by Gasteiger charge is -2.14. The second kappa shape index (κ2) is 8.72. The molecule has 4 nitrogen and oxygen atoms in total. The van der Waals surface area contributed by atoms with Crippen LogP contribution in [0.2, 0.25) is 0 Å². The molecule has 2 aromatic rings. The third kappa shape index (κ3) is 5.36. The van der Waals surface area contributed by atoms with E-state index in [0.717, 1.165) is 29.5 Å². The molecule has 0 heterocycles. The van der Waals surface area contributed by atoms with E-state index >= 15 is 0 Å². The Morgan fingerprint density at radius 3 is 2.44 bits per heavy atom. The van der Waals surface area contributed by atoms with Crippen LogP contribution >= 0.6 is 0 Å². The van der Waals surface area contributed by atoms with Gasteiger partial charge in [0, 0.05) is 0 Å². The van der Waals surface area contributed by atoms with Crippen molar-refractivity contribution in [2.75, 3.05) is 16.2 Å². The van der Waals surface area contributed by atoms with Gasteiger partial charge in [0.15, 0.2) is 0 Å². The summed E-state index contributed by atoms with van der Waals surface area (Å²) in [5.41, 5.74) is 9.95. The number of allylic oxidation sites excluding steroid dienone is 1. The fourth-order valence-electron chi connectivity index (χ4n) is 2.59. The average molecular weight is 359 g/mol. The maximum atomic E-state index is 12.2. The lowest BCUT2D eigenvalue weighted by atomic mass is 9.96. The Bertz CT molecular complexity index is 828. The second-order valence-corrected chi connectivity index (χ2v) is 7.81. The maximum absolute atomic E-state index is 12.2. The first kappa shape index (κ1) is 19.1. The minimum absolute atomic E-state index is 0.101. The largest absolute Gasteiger partial charge is 0.397 e. The van der Waals surface area contributed by atoms with Crippen LogP contribution < -0.4 is 10.5 Å². The van der Waals surface area contributed by atoms with Crippen molar-refractivity contribution >= 4 is 27.0 Å². The van der Waals surface area contributed by atoms with E-state index in [1.165, 1.54) is 0 Å². The summed E-state index contributed by atoms with van der Waals surface area (Å²) in [7, 11) is -3.39. The monoisotopic (exact) mass is 358 g/mol. The molecule has 0 saturated carbocycles. The molecule has 0 saturated heterocycles. The van der Waals surface area contributed by atoms with E-state index < -0.39 is 10.0 Å². The van der Waals surface area contributed by atoms with Gasteiger partial charge in [0.25, 0.3) is 0 Å². The molecule has 25 heavy (non-hydrogen) atoms.